The Labute approximate surface area is 172 Å². The van der Waals surface area contributed by atoms with E-state index in [0.717, 1.165) is 30.0 Å². The van der Waals surface area contributed by atoms with Crippen LogP contribution < -0.4 is 10.6 Å². The molecule has 1 aromatic carbocycles. The van der Waals surface area contributed by atoms with Crippen molar-refractivity contribution in [2.45, 2.75) is 25.6 Å². The summed E-state index contributed by atoms with van der Waals surface area (Å²) in [5, 5.41) is 10.6. The van der Waals surface area contributed by atoms with Gasteiger partial charge in [0.2, 0.25) is 0 Å². The average Bonchev–Trinajstić information content (AvgIpc) is 3.37. The molecule has 0 saturated heterocycles. The number of hydrogen-bond donors (Lipinski definition) is 2. The highest BCUT2D eigenvalue weighted by molar-refractivity contribution is 5.79. The molecule has 2 aromatic heterocycles. The fourth-order valence-electron chi connectivity index (χ4n) is 2.91. The first kappa shape index (κ1) is 21.5. The zero-order valence-corrected chi connectivity index (χ0v) is 16.6. The molecule has 0 aliphatic rings. The molecule has 160 valence electrons. The van der Waals surface area contributed by atoms with Crippen molar-refractivity contribution < 1.29 is 17.6 Å². The van der Waals surface area contributed by atoms with E-state index < -0.39 is 11.7 Å². The van der Waals surface area contributed by atoms with Crippen LogP contribution >= 0.6 is 0 Å². The normalized spacial score (nSPS) is 12.2. The lowest BCUT2D eigenvalue weighted by Crippen LogP contribution is -2.39. The standard InChI is InChI=1S/C21H24F3N5O/c1-29-18(8-12-28-29)7-10-25-20(26-11-9-19-6-3-13-30-19)27-15-16-4-2-5-17(14-16)21(22,23)24/h2-6,8,12-14H,7,9-11,15H2,1H3,(H2,25,26,27). The van der Waals surface area contributed by atoms with Crippen molar-refractivity contribution >= 4 is 5.96 Å². The van der Waals surface area contributed by atoms with E-state index in [1.165, 1.54) is 6.07 Å². The Hall–Kier alpha value is -3.23. The molecule has 9 heteroatoms. The van der Waals surface area contributed by atoms with Crippen molar-refractivity contribution in [3.63, 3.8) is 0 Å². The van der Waals surface area contributed by atoms with Crippen LogP contribution in [0.3, 0.4) is 0 Å². The minimum Gasteiger partial charge on any atom is -0.469 e. The number of nitrogens with zero attached hydrogens (tertiary/aromatic N) is 3. The smallest absolute Gasteiger partial charge is 0.416 e. The van der Waals surface area contributed by atoms with Gasteiger partial charge in [-0.2, -0.15) is 18.3 Å². The molecular weight excluding hydrogens is 395 g/mol. The molecule has 0 spiro atoms. The molecule has 3 rings (SSSR count). The quantitative estimate of drug-likeness (QED) is 0.433. The topological polar surface area (TPSA) is 67.4 Å². The van der Waals surface area contributed by atoms with E-state index >= 15 is 0 Å². The van der Waals surface area contributed by atoms with Crippen LogP contribution in [0.25, 0.3) is 0 Å². The largest absolute Gasteiger partial charge is 0.469 e. The van der Waals surface area contributed by atoms with Crippen molar-refractivity contribution in [1.82, 2.24) is 20.4 Å². The third-order valence-electron chi connectivity index (χ3n) is 4.51. The summed E-state index contributed by atoms with van der Waals surface area (Å²) in [7, 11) is 1.87. The van der Waals surface area contributed by atoms with Gasteiger partial charge in [-0.05, 0) is 35.9 Å². The Balaban J connectivity index is 1.61. The Morgan fingerprint density at radius 3 is 2.57 bits per heavy atom. The van der Waals surface area contributed by atoms with Crippen molar-refractivity contribution in [1.29, 1.82) is 0 Å². The van der Waals surface area contributed by atoms with Crippen molar-refractivity contribution in [3.8, 4) is 0 Å². The molecule has 30 heavy (non-hydrogen) atoms. The second-order valence-corrected chi connectivity index (χ2v) is 6.74. The molecule has 0 radical (unpaired) electrons. The summed E-state index contributed by atoms with van der Waals surface area (Å²) >= 11 is 0. The summed E-state index contributed by atoms with van der Waals surface area (Å²) in [6, 6.07) is 10.9. The average molecular weight is 419 g/mol. The van der Waals surface area contributed by atoms with Gasteiger partial charge in [-0.25, -0.2) is 4.99 Å². The highest BCUT2D eigenvalue weighted by atomic mass is 19.4. The molecule has 2 N–H and O–H groups in total. The van der Waals surface area contributed by atoms with Crippen molar-refractivity contribution in [2.75, 3.05) is 13.1 Å². The molecule has 3 aromatic rings. The lowest BCUT2D eigenvalue weighted by molar-refractivity contribution is -0.137. The van der Waals surface area contributed by atoms with E-state index in [1.54, 1.807) is 23.2 Å². The van der Waals surface area contributed by atoms with Gasteiger partial charge >= 0.3 is 6.18 Å². The number of furan rings is 1. The van der Waals surface area contributed by atoms with Crippen LogP contribution in [0.1, 0.15) is 22.6 Å². The fourth-order valence-corrected chi connectivity index (χ4v) is 2.91. The van der Waals surface area contributed by atoms with Gasteiger partial charge in [0.05, 0.1) is 18.4 Å². The number of aromatic nitrogens is 2. The van der Waals surface area contributed by atoms with Gasteiger partial charge in [-0.3, -0.25) is 4.68 Å². The van der Waals surface area contributed by atoms with Gasteiger partial charge < -0.3 is 15.1 Å². The van der Waals surface area contributed by atoms with Gasteiger partial charge in [-0.1, -0.05) is 12.1 Å². The first-order chi connectivity index (χ1) is 14.4. The Morgan fingerprint density at radius 2 is 1.90 bits per heavy atom. The number of halogens is 3. The predicted molar refractivity (Wildman–Crippen MR) is 108 cm³/mol. The van der Waals surface area contributed by atoms with Crippen LogP contribution in [0.15, 0.2) is 64.3 Å². The summed E-state index contributed by atoms with van der Waals surface area (Å²) < 4.78 is 45.9. The molecule has 0 bridgehead atoms. The zero-order valence-electron chi connectivity index (χ0n) is 16.6. The molecule has 0 aliphatic heterocycles. The molecule has 0 aliphatic carbocycles. The molecule has 2 heterocycles. The predicted octanol–water partition coefficient (Wildman–Crippen LogP) is 3.55. The van der Waals surface area contributed by atoms with Crippen LogP contribution in [0.5, 0.6) is 0 Å². The second kappa shape index (κ2) is 10.00. The van der Waals surface area contributed by atoms with E-state index in [-0.39, 0.29) is 6.54 Å². The van der Waals surface area contributed by atoms with Crippen LogP contribution in [-0.2, 0) is 32.6 Å². The highest BCUT2D eigenvalue weighted by Crippen LogP contribution is 2.29. The second-order valence-electron chi connectivity index (χ2n) is 6.74. The fraction of sp³-hybridized carbons (Fsp3) is 0.333. The minimum absolute atomic E-state index is 0.131. The maximum Gasteiger partial charge on any atom is 0.416 e. The van der Waals surface area contributed by atoms with Crippen LogP contribution in [0.2, 0.25) is 0 Å². The van der Waals surface area contributed by atoms with Gasteiger partial charge in [0.25, 0.3) is 0 Å². The maximum atomic E-state index is 12.9. The molecule has 0 unspecified atom stereocenters. The Morgan fingerprint density at radius 1 is 1.10 bits per heavy atom. The lowest BCUT2D eigenvalue weighted by atomic mass is 10.1. The summed E-state index contributed by atoms with van der Waals surface area (Å²) in [6.45, 7) is 1.31. The monoisotopic (exact) mass is 419 g/mol. The van der Waals surface area contributed by atoms with Crippen LogP contribution in [0, 0.1) is 0 Å². The van der Waals surface area contributed by atoms with Gasteiger partial charge in [-0.15, -0.1) is 0 Å². The van der Waals surface area contributed by atoms with Crippen LogP contribution in [0.4, 0.5) is 13.2 Å². The molecule has 0 amide bonds. The molecule has 6 nitrogen and oxygen atoms in total. The number of aryl methyl sites for hydroxylation is 1. The number of aliphatic imine (C=N–C) groups is 1. The third kappa shape index (κ3) is 6.40. The van der Waals surface area contributed by atoms with E-state index in [1.807, 2.05) is 25.2 Å². The van der Waals surface area contributed by atoms with Gasteiger partial charge in [0.15, 0.2) is 5.96 Å². The zero-order chi connectivity index (χ0) is 21.4. The van der Waals surface area contributed by atoms with Crippen LogP contribution in [-0.4, -0.2) is 28.8 Å². The number of alkyl halides is 3. The third-order valence-corrected chi connectivity index (χ3v) is 4.51. The van der Waals surface area contributed by atoms with E-state index in [9.17, 15) is 13.2 Å². The Kier molecular flexibility index (Phi) is 7.16. The minimum atomic E-state index is -4.37. The summed E-state index contributed by atoms with van der Waals surface area (Å²) in [4.78, 5) is 4.45. The number of benzene rings is 1. The first-order valence-corrected chi connectivity index (χ1v) is 9.59. The molecule has 0 saturated carbocycles. The van der Waals surface area contributed by atoms with E-state index in [4.69, 9.17) is 4.42 Å². The highest BCUT2D eigenvalue weighted by Gasteiger charge is 2.30. The SMILES string of the molecule is Cn1nccc1CCNC(=NCc1cccc(C(F)(F)F)c1)NCCc1ccco1. The summed E-state index contributed by atoms with van der Waals surface area (Å²) in [5.41, 5.74) is 0.880. The number of nitrogens with one attached hydrogen (secondary N) is 2. The van der Waals surface area contributed by atoms with Crippen molar-refractivity contribution in [2.24, 2.45) is 12.0 Å². The molecule has 0 atom stereocenters. The molecule has 0 fully saturated rings. The van der Waals surface area contributed by atoms with Gasteiger partial charge in [0.1, 0.15) is 5.76 Å². The number of hydrogen-bond acceptors (Lipinski definition) is 3. The number of rotatable bonds is 8. The maximum absolute atomic E-state index is 12.9. The summed E-state index contributed by atoms with van der Waals surface area (Å²) in [6.07, 6.45) is 0.382. The lowest BCUT2D eigenvalue weighted by Gasteiger charge is -2.13. The van der Waals surface area contributed by atoms with Gasteiger partial charge in [0, 0.05) is 44.9 Å². The molecular formula is C21H24F3N5O. The van der Waals surface area contributed by atoms with Crippen molar-refractivity contribution in [3.05, 3.63) is 77.5 Å². The summed E-state index contributed by atoms with van der Waals surface area (Å²) in [5.74, 6) is 1.37. The Bertz CT molecular complexity index is 948. The van der Waals surface area contributed by atoms with E-state index in [2.05, 4.69) is 20.7 Å². The van der Waals surface area contributed by atoms with E-state index in [0.29, 0.717) is 31.0 Å². The number of guanidine groups is 1. The first-order valence-electron chi connectivity index (χ1n) is 9.59.